The topological polar surface area (TPSA) is 57.8 Å². The number of pyridine rings is 1. The number of rotatable bonds is 0. The van der Waals surface area contributed by atoms with Crippen molar-refractivity contribution >= 4 is 34.1 Å². The summed E-state index contributed by atoms with van der Waals surface area (Å²) >= 11 is 11.6. The fourth-order valence-electron chi connectivity index (χ4n) is 1.33. The van der Waals surface area contributed by atoms with E-state index in [-0.39, 0.29) is 0 Å². The molecule has 15 heavy (non-hydrogen) atoms. The van der Waals surface area contributed by atoms with Crippen molar-refractivity contribution in [1.29, 1.82) is 0 Å². The molecule has 0 aliphatic heterocycles. The Morgan fingerprint density at radius 2 is 1.87 bits per heavy atom. The van der Waals surface area contributed by atoms with Crippen molar-refractivity contribution in [2.75, 3.05) is 0 Å². The molecule has 0 bridgehead atoms. The molecule has 0 atom stereocenters. The summed E-state index contributed by atoms with van der Waals surface area (Å²) in [7, 11) is 0. The highest BCUT2D eigenvalue weighted by Gasteiger charge is 2.05. The highest BCUT2D eigenvalue weighted by atomic mass is 35.5. The van der Waals surface area contributed by atoms with E-state index in [4.69, 9.17) is 28.4 Å². The lowest BCUT2D eigenvalue weighted by Crippen LogP contribution is -2.07. The van der Waals surface area contributed by atoms with E-state index >= 15 is 0 Å². The molecular weight excluding hydrogens is 239 g/mol. The van der Waals surface area contributed by atoms with Crippen LogP contribution in [0, 0.1) is 0 Å². The van der Waals surface area contributed by atoms with Gasteiger partial charge in [0.05, 0.1) is 15.6 Å². The van der Waals surface area contributed by atoms with Crippen molar-refractivity contribution in [3.8, 4) is 0 Å². The lowest BCUT2D eigenvalue weighted by molar-refractivity contribution is 0.197. The van der Waals surface area contributed by atoms with Crippen molar-refractivity contribution in [3.63, 3.8) is 0 Å². The van der Waals surface area contributed by atoms with Crippen molar-refractivity contribution in [1.82, 2.24) is 4.73 Å². The monoisotopic (exact) mass is 244 g/mol. The molecule has 4 nitrogen and oxygen atoms in total. The third-order valence-electron chi connectivity index (χ3n) is 2.04. The van der Waals surface area contributed by atoms with Crippen LogP contribution in [0.5, 0.6) is 0 Å². The summed E-state index contributed by atoms with van der Waals surface area (Å²) in [5.74, 6) is 0. The quantitative estimate of drug-likeness (QED) is 0.425. The van der Waals surface area contributed by atoms with E-state index in [9.17, 15) is 5.21 Å². The summed E-state index contributed by atoms with van der Waals surface area (Å²) < 4.78 is 0.881. The first kappa shape index (κ1) is 10.1. The number of benzene rings is 1. The molecule has 0 saturated carbocycles. The maximum absolute atomic E-state index is 9.50. The first-order valence-electron chi connectivity index (χ1n) is 4.01. The van der Waals surface area contributed by atoms with Crippen LogP contribution in [-0.4, -0.2) is 15.1 Å². The summed E-state index contributed by atoms with van der Waals surface area (Å²) in [6.45, 7) is 0. The zero-order valence-electron chi connectivity index (χ0n) is 7.35. The fraction of sp³-hybridized carbons (Fsp3) is 0. The van der Waals surface area contributed by atoms with E-state index in [0.29, 0.717) is 26.3 Å². The molecule has 6 heteroatoms. The van der Waals surface area contributed by atoms with E-state index in [2.05, 4.69) is 5.16 Å². The minimum Gasteiger partial charge on any atom is -0.428 e. The van der Waals surface area contributed by atoms with Gasteiger partial charge in [-0.2, -0.15) is 4.73 Å². The van der Waals surface area contributed by atoms with Crippen LogP contribution < -0.4 is 5.36 Å². The minimum atomic E-state index is 0.314. The van der Waals surface area contributed by atoms with Crippen molar-refractivity contribution in [3.05, 3.63) is 39.8 Å². The predicted molar refractivity (Wildman–Crippen MR) is 56.5 cm³/mol. The minimum absolute atomic E-state index is 0.314. The fourth-order valence-corrected chi connectivity index (χ4v) is 1.65. The Labute approximate surface area is 94.5 Å². The Balaban J connectivity index is 3.02. The van der Waals surface area contributed by atoms with Gasteiger partial charge in [-0.25, -0.2) is 0 Å². The first-order chi connectivity index (χ1) is 7.13. The molecule has 1 aromatic heterocycles. The van der Waals surface area contributed by atoms with E-state index in [1.54, 1.807) is 0 Å². The standard InChI is InChI=1S/C9H6Cl2N2O2/c10-6-3-5-8(12-14)1-2-13(15)9(5)4-7(6)11/h1-4,14-15H/b12-8-. The van der Waals surface area contributed by atoms with Gasteiger partial charge in [-0.15, -0.1) is 0 Å². The number of fused-ring (bicyclic) bond motifs is 1. The third kappa shape index (κ3) is 1.62. The van der Waals surface area contributed by atoms with Gasteiger partial charge in [0.25, 0.3) is 0 Å². The molecule has 0 aliphatic carbocycles. The summed E-state index contributed by atoms with van der Waals surface area (Å²) in [4.78, 5) is 0. The first-order valence-corrected chi connectivity index (χ1v) is 4.77. The molecule has 0 aliphatic rings. The van der Waals surface area contributed by atoms with Crippen LogP contribution in [0.25, 0.3) is 10.9 Å². The number of hydrogen-bond donors (Lipinski definition) is 2. The van der Waals surface area contributed by atoms with Crippen LogP contribution in [0.4, 0.5) is 0 Å². The molecule has 0 radical (unpaired) electrons. The Morgan fingerprint density at radius 1 is 1.20 bits per heavy atom. The molecule has 1 aromatic carbocycles. The molecule has 0 saturated heterocycles. The third-order valence-corrected chi connectivity index (χ3v) is 2.76. The van der Waals surface area contributed by atoms with Crippen LogP contribution in [-0.2, 0) is 0 Å². The molecule has 78 valence electrons. The van der Waals surface area contributed by atoms with Gasteiger partial charge >= 0.3 is 0 Å². The molecule has 0 fully saturated rings. The molecule has 0 unspecified atom stereocenters. The Bertz CT molecular complexity index is 592. The van der Waals surface area contributed by atoms with Gasteiger partial charge < -0.3 is 10.4 Å². The van der Waals surface area contributed by atoms with E-state index in [0.717, 1.165) is 4.73 Å². The van der Waals surface area contributed by atoms with E-state index in [1.807, 2.05) is 0 Å². The molecule has 1 heterocycles. The highest BCUT2D eigenvalue weighted by Crippen LogP contribution is 2.25. The second-order valence-corrected chi connectivity index (χ2v) is 3.74. The molecule has 0 spiro atoms. The summed E-state index contributed by atoms with van der Waals surface area (Å²) in [5, 5.41) is 22.8. The van der Waals surface area contributed by atoms with Crippen molar-refractivity contribution in [2.45, 2.75) is 0 Å². The van der Waals surface area contributed by atoms with Gasteiger partial charge in [0, 0.05) is 11.6 Å². The normalized spacial score (nSPS) is 12.3. The van der Waals surface area contributed by atoms with E-state index < -0.39 is 0 Å². The van der Waals surface area contributed by atoms with Gasteiger partial charge in [0.15, 0.2) is 0 Å². The molecule has 0 amide bonds. The van der Waals surface area contributed by atoms with Gasteiger partial charge in [0.2, 0.25) is 0 Å². The van der Waals surface area contributed by atoms with Crippen molar-refractivity contribution < 1.29 is 10.4 Å². The van der Waals surface area contributed by atoms with Crippen LogP contribution in [0.3, 0.4) is 0 Å². The van der Waals surface area contributed by atoms with Gasteiger partial charge in [-0.05, 0) is 18.2 Å². The lowest BCUT2D eigenvalue weighted by atomic mass is 10.2. The van der Waals surface area contributed by atoms with Gasteiger partial charge in [-0.1, -0.05) is 28.4 Å². The maximum Gasteiger partial charge on any atom is 0.113 e. The second-order valence-electron chi connectivity index (χ2n) is 2.93. The predicted octanol–water partition coefficient (Wildman–Crippen LogP) is 2.48. The Hall–Kier alpha value is -1.39. The summed E-state index contributed by atoms with van der Waals surface area (Å²) in [6.07, 6.45) is 1.35. The van der Waals surface area contributed by atoms with Gasteiger partial charge in [-0.3, -0.25) is 0 Å². The second kappa shape index (κ2) is 3.64. The zero-order valence-corrected chi connectivity index (χ0v) is 8.87. The average Bonchev–Trinajstić information content (AvgIpc) is 2.22. The number of nitrogens with zero attached hydrogens (tertiary/aromatic N) is 2. The number of aromatic nitrogens is 1. The Morgan fingerprint density at radius 3 is 2.53 bits per heavy atom. The van der Waals surface area contributed by atoms with Crippen LogP contribution in [0.2, 0.25) is 10.0 Å². The maximum atomic E-state index is 9.50. The number of hydrogen-bond acceptors (Lipinski definition) is 3. The Kier molecular flexibility index (Phi) is 2.46. The average molecular weight is 245 g/mol. The van der Waals surface area contributed by atoms with Gasteiger partial charge in [0.1, 0.15) is 5.36 Å². The summed E-state index contributed by atoms with van der Waals surface area (Å²) in [5.41, 5.74) is 0.416. The van der Waals surface area contributed by atoms with Crippen LogP contribution in [0.1, 0.15) is 0 Å². The number of halogens is 2. The largest absolute Gasteiger partial charge is 0.428 e. The van der Waals surface area contributed by atoms with E-state index in [1.165, 1.54) is 24.4 Å². The summed E-state index contributed by atoms with van der Waals surface area (Å²) in [6, 6.07) is 4.47. The molecule has 2 N–H and O–H groups in total. The van der Waals surface area contributed by atoms with Crippen molar-refractivity contribution in [2.24, 2.45) is 5.16 Å². The highest BCUT2D eigenvalue weighted by molar-refractivity contribution is 6.42. The zero-order chi connectivity index (χ0) is 11.0. The molecule has 2 aromatic rings. The molecule has 2 rings (SSSR count). The SMILES string of the molecule is O/N=c1/ccn(O)c2cc(Cl)c(Cl)cc12. The smallest absolute Gasteiger partial charge is 0.113 e. The lowest BCUT2D eigenvalue weighted by Gasteiger charge is -2.05. The molecular formula is C9H6Cl2N2O2. The van der Waals surface area contributed by atoms with Crippen LogP contribution in [0.15, 0.2) is 29.6 Å². The van der Waals surface area contributed by atoms with Crippen LogP contribution >= 0.6 is 23.2 Å².